The summed E-state index contributed by atoms with van der Waals surface area (Å²) in [6.07, 6.45) is 1.46. The summed E-state index contributed by atoms with van der Waals surface area (Å²) in [4.78, 5) is 13.1. The third-order valence-electron chi connectivity index (χ3n) is 5.51. The van der Waals surface area contributed by atoms with Crippen LogP contribution in [0.4, 0.5) is 5.69 Å². The Kier molecular flexibility index (Phi) is 7.64. The Morgan fingerprint density at radius 1 is 0.794 bits per heavy atom. The van der Waals surface area contributed by atoms with E-state index in [-0.39, 0.29) is 5.78 Å². The average Bonchev–Trinajstić information content (AvgIpc) is 2.89. The van der Waals surface area contributed by atoms with E-state index in [1.54, 1.807) is 12.1 Å². The van der Waals surface area contributed by atoms with E-state index in [1.165, 1.54) is 0 Å². The van der Waals surface area contributed by atoms with Crippen molar-refractivity contribution in [2.45, 2.75) is 24.2 Å². The van der Waals surface area contributed by atoms with E-state index in [4.69, 9.17) is 5.26 Å². The molecule has 0 fully saturated rings. The van der Waals surface area contributed by atoms with Crippen molar-refractivity contribution in [3.8, 4) is 17.2 Å². The molecular formula is C29H24N2O2S. The van der Waals surface area contributed by atoms with Crippen LogP contribution in [-0.2, 0) is 28.6 Å². The summed E-state index contributed by atoms with van der Waals surface area (Å²) in [6.45, 7) is 0. The molecule has 4 aromatic carbocycles. The Bertz CT molecular complexity index is 1330. The molecular weight excluding hydrogens is 440 g/mol. The number of rotatable bonds is 9. The van der Waals surface area contributed by atoms with E-state index in [9.17, 15) is 9.00 Å². The van der Waals surface area contributed by atoms with Crippen LogP contribution in [0.25, 0.3) is 11.1 Å². The van der Waals surface area contributed by atoms with Crippen LogP contribution in [0.1, 0.15) is 23.1 Å². The molecule has 34 heavy (non-hydrogen) atoms. The van der Waals surface area contributed by atoms with Crippen LogP contribution in [0.2, 0.25) is 0 Å². The van der Waals surface area contributed by atoms with E-state index < -0.39 is 11.0 Å². The second-order valence-electron chi connectivity index (χ2n) is 7.95. The largest absolute Gasteiger partial charge is 0.301 e. The number of nitriles is 1. The Morgan fingerprint density at radius 3 is 2.15 bits per heavy atom. The summed E-state index contributed by atoms with van der Waals surface area (Å²) >= 11 is 0. The third kappa shape index (κ3) is 6.06. The molecule has 0 radical (unpaired) electrons. The molecule has 4 aromatic rings. The maximum absolute atomic E-state index is 13.1. The van der Waals surface area contributed by atoms with Gasteiger partial charge in [-0.2, -0.15) is 5.26 Å². The van der Waals surface area contributed by atoms with Gasteiger partial charge in [-0.1, -0.05) is 72.8 Å². The molecule has 4 rings (SSSR count). The molecule has 0 aromatic heterocycles. The highest BCUT2D eigenvalue weighted by Gasteiger charge is 2.12. The van der Waals surface area contributed by atoms with Crippen LogP contribution < -0.4 is 4.72 Å². The lowest BCUT2D eigenvalue weighted by Gasteiger charge is -2.11. The van der Waals surface area contributed by atoms with E-state index in [0.717, 1.165) is 32.8 Å². The Hall–Kier alpha value is -4.01. The number of benzene rings is 4. The van der Waals surface area contributed by atoms with Gasteiger partial charge in [-0.3, -0.25) is 4.79 Å². The first-order valence-electron chi connectivity index (χ1n) is 11.0. The molecule has 0 bridgehead atoms. The van der Waals surface area contributed by atoms with E-state index in [2.05, 4.69) is 10.8 Å². The molecule has 0 saturated carbocycles. The fourth-order valence-electron chi connectivity index (χ4n) is 3.68. The van der Waals surface area contributed by atoms with Gasteiger partial charge in [0.2, 0.25) is 0 Å². The number of hydrogen-bond donors (Lipinski definition) is 1. The highest BCUT2D eigenvalue weighted by molar-refractivity contribution is 7.86. The van der Waals surface area contributed by atoms with Gasteiger partial charge in [0, 0.05) is 18.5 Å². The van der Waals surface area contributed by atoms with Crippen molar-refractivity contribution in [1.82, 2.24) is 0 Å². The topological polar surface area (TPSA) is 70.0 Å². The quantitative estimate of drug-likeness (QED) is 0.325. The van der Waals surface area contributed by atoms with Gasteiger partial charge in [0.25, 0.3) is 0 Å². The van der Waals surface area contributed by atoms with Crippen LogP contribution in [0, 0.1) is 11.3 Å². The van der Waals surface area contributed by atoms with Gasteiger partial charge in [-0.25, -0.2) is 4.21 Å². The van der Waals surface area contributed by atoms with E-state index in [0.29, 0.717) is 24.8 Å². The molecule has 4 nitrogen and oxygen atoms in total. The number of nitrogens with zero attached hydrogens (tertiary/aromatic N) is 1. The second kappa shape index (κ2) is 11.2. The van der Waals surface area contributed by atoms with Crippen molar-refractivity contribution in [1.29, 1.82) is 5.26 Å². The number of hydrogen-bond acceptors (Lipinski definition) is 3. The van der Waals surface area contributed by atoms with Crippen LogP contribution >= 0.6 is 0 Å². The molecule has 0 heterocycles. The lowest BCUT2D eigenvalue weighted by Crippen LogP contribution is -2.07. The monoisotopic (exact) mass is 464 g/mol. The normalized spacial score (nSPS) is 11.4. The maximum Gasteiger partial charge on any atom is 0.150 e. The zero-order chi connectivity index (χ0) is 23.8. The Morgan fingerprint density at radius 2 is 1.44 bits per heavy atom. The standard InChI is InChI=1S/C29H24N2O2S/c30-21-24-12-10-22(11-13-24)16-19-27(32)20-23-14-17-26(18-15-23)31-34(33)29-9-5-4-8-28(29)25-6-2-1-3-7-25/h1-15,17-18,31H,16,19-20H2. The van der Waals surface area contributed by atoms with Crippen LogP contribution in [0.15, 0.2) is 108 Å². The van der Waals surface area contributed by atoms with E-state index >= 15 is 0 Å². The minimum absolute atomic E-state index is 0.158. The van der Waals surface area contributed by atoms with Crippen molar-refractivity contribution in [3.05, 3.63) is 120 Å². The summed E-state index contributed by atoms with van der Waals surface area (Å²) < 4.78 is 16.1. The van der Waals surface area contributed by atoms with E-state index in [1.807, 2.05) is 91.0 Å². The predicted molar refractivity (Wildman–Crippen MR) is 137 cm³/mol. The number of anilines is 1. The number of ketones is 1. The molecule has 0 aliphatic rings. The van der Waals surface area contributed by atoms with Crippen LogP contribution in [0.3, 0.4) is 0 Å². The molecule has 0 aliphatic carbocycles. The first-order valence-corrected chi connectivity index (χ1v) is 12.2. The number of aryl methyl sites for hydroxylation is 1. The summed E-state index contributed by atoms with van der Waals surface area (Å²) in [5, 5.41) is 8.87. The van der Waals surface area contributed by atoms with Gasteiger partial charge in [0.05, 0.1) is 16.5 Å². The first kappa shape index (κ1) is 23.2. The lowest BCUT2D eigenvalue weighted by molar-refractivity contribution is -0.118. The van der Waals surface area contributed by atoms with Gasteiger partial charge in [-0.15, -0.1) is 0 Å². The SMILES string of the molecule is N#Cc1ccc(CCC(=O)Cc2ccc(NS(=O)c3ccccc3-c3ccccc3)cc2)cc1. The van der Waals surface area contributed by atoms with Crippen molar-refractivity contribution >= 4 is 22.5 Å². The fraction of sp³-hybridized carbons (Fsp3) is 0.103. The smallest absolute Gasteiger partial charge is 0.150 e. The molecule has 0 aliphatic heterocycles. The lowest BCUT2D eigenvalue weighted by atomic mass is 10.0. The molecule has 1 atom stereocenters. The van der Waals surface area contributed by atoms with Gasteiger partial charge in [0.1, 0.15) is 5.78 Å². The number of carbonyl (C=O) groups excluding carboxylic acids is 1. The third-order valence-corrected chi connectivity index (χ3v) is 6.69. The minimum atomic E-state index is -1.43. The number of Topliss-reactive ketones (excluding diaryl/α,β-unsaturated/α-hetero) is 1. The van der Waals surface area contributed by atoms with Crippen molar-refractivity contribution in [3.63, 3.8) is 0 Å². The molecule has 0 amide bonds. The highest BCUT2D eigenvalue weighted by atomic mass is 32.2. The molecule has 1 unspecified atom stereocenters. The van der Waals surface area contributed by atoms with Crippen molar-refractivity contribution < 1.29 is 9.00 Å². The number of carbonyl (C=O) groups is 1. The summed E-state index contributed by atoms with van der Waals surface area (Å²) in [5.74, 6) is 0.158. The van der Waals surface area contributed by atoms with Crippen molar-refractivity contribution in [2.75, 3.05) is 4.72 Å². The summed E-state index contributed by atoms with van der Waals surface area (Å²) in [5.41, 5.74) is 5.26. The molecule has 0 spiro atoms. The van der Waals surface area contributed by atoms with Crippen molar-refractivity contribution in [2.24, 2.45) is 0 Å². The molecule has 5 heteroatoms. The van der Waals surface area contributed by atoms with Crippen LogP contribution in [-0.4, -0.2) is 9.99 Å². The van der Waals surface area contributed by atoms with Gasteiger partial charge in [-0.05, 0) is 59.0 Å². The van der Waals surface area contributed by atoms with Crippen LogP contribution in [0.5, 0.6) is 0 Å². The van der Waals surface area contributed by atoms with Gasteiger partial charge >= 0.3 is 0 Å². The second-order valence-corrected chi connectivity index (χ2v) is 9.14. The zero-order valence-electron chi connectivity index (χ0n) is 18.6. The predicted octanol–water partition coefficient (Wildman–Crippen LogP) is 6.10. The van der Waals surface area contributed by atoms with Gasteiger partial charge < -0.3 is 4.72 Å². The molecule has 168 valence electrons. The summed E-state index contributed by atoms with van der Waals surface area (Å²) in [6, 6.07) is 34.5. The Labute approximate surface area is 202 Å². The zero-order valence-corrected chi connectivity index (χ0v) is 19.4. The summed E-state index contributed by atoms with van der Waals surface area (Å²) in [7, 11) is -1.43. The Balaban J connectivity index is 1.34. The minimum Gasteiger partial charge on any atom is -0.301 e. The average molecular weight is 465 g/mol. The highest BCUT2D eigenvalue weighted by Crippen LogP contribution is 2.26. The number of nitrogens with one attached hydrogen (secondary N) is 1. The van der Waals surface area contributed by atoms with Gasteiger partial charge in [0.15, 0.2) is 11.0 Å². The maximum atomic E-state index is 13.1. The first-order chi connectivity index (χ1) is 16.6. The fourth-order valence-corrected chi connectivity index (χ4v) is 4.73. The molecule has 0 saturated heterocycles. The molecule has 1 N–H and O–H groups in total.